The average Bonchev–Trinajstić information content (AvgIpc) is 2.23. The van der Waals surface area contributed by atoms with Gasteiger partial charge in [0.15, 0.2) is 0 Å². The van der Waals surface area contributed by atoms with Gasteiger partial charge in [-0.1, -0.05) is 23.7 Å². The second kappa shape index (κ2) is 6.35. The molecule has 0 saturated heterocycles. The molecule has 0 bridgehead atoms. The minimum absolute atomic E-state index is 0.237. The first-order valence-corrected chi connectivity index (χ1v) is 5.40. The summed E-state index contributed by atoms with van der Waals surface area (Å²) in [5, 5.41) is 14.8. The molecule has 1 aromatic rings. The van der Waals surface area contributed by atoms with E-state index in [0.29, 0.717) is 11.6 Å². The van der Waals surface area contributed by atoms with E-state index < -0.39 is 6.10 Å². The molecule has 0 saturated carbocycles. The Kier molecular flexibility index (Phi) is 5.08. The Balaban J connectivity index is 2.31. The normalized spacial score (nSPS) is 11.9. The summed E-state index contributed by atoms with van der Waals surface area (Å²) in [6.45, 7) is 2.25. The SMILES string of the molecule is CC(O)CNC(=O)NCc1cccc(Cl)c1. The van der Waals surface area contributed by atoms with Crippen molar-refractivity contribution in [2.45, 2.75) is 19.6 Å². The molecule has 2 amide bonds. The molecule has 0 heterocycles. The van der Waals surface area contributed by atoms with Crippen molar-refractivity contribution in [1.82, 2.24) is 10.6 Å². The summed E-state index contributed by atoms with van der Waals surface area (Å²) < 4.78 is 0. The molecule has 3 N–H and O–H groups in total. The van der Waals surface area contributed by atoms with Gasteiger partial charge in [0.1, 0.15) is 0 Å². The van der Waals surface area contributed by atoms with E-state index in [1.54, 1.807) is 19.1 Å². The standard InChI is InChI=1S/C11H15ClN2O2/c1-8(15)6-13-11(16)14-7-9-3-2-4-10(12)5-9/h2-5,8,15H,6-7H2,1H3,(H2,13,14,16). The van der Waals surface area contributed by atoms with Gasteiger partial charge in [-0.25, -0.2) is 4.79 Å². The zero-order valence-electron chi connectivity index (χ0n) is 9.03. The molecule has 16 heavy (non-hydrogen) atoms. The molecule has 0 aliphatic carbocycles. The van der Waals surface area contributed by atoms with Gasteiger partial charge in [-0.2, -0.15) is 0 Å². The number of amides is 2. The topological polar surface area (TPSA) is 61.4 Å². The fourth-order valence-corrected chi connectivity index (χ4v) is 1.35. The molecule has 1 unspecified atom stereocenters. The Labute approximate surface area is 99.6 Å². The van der Waals surface area contributed by atoms with Crippen molar-refractivity contribution < 1.29 is 9.90 Å². The van der Waals surface area contributed by atoms with Gasteiger partial charge < -0.3 is 15.7 Å². The zero-order chi connectivity index (χ0) is 12.0. The highest BCUT2D eigenvalue weighted by atomic mass is 35.5. The van der Waals surface area contributed by atoms with Crippen molar-refractivity contribution in [3.63, 3.8) is 0 Å². The average molecular weight is 243 g/mol. The second-order valence-corrected chi connectivity index (χ2v) is 3.98. The highest BCUT2D eigenvalue weighted by Gasteiger charge is 2.02. The summed E-state index contributed by atoms with van der Waals surface area (Å²) >= 11 is 5.80. The predicted molar refractivity (Wildman–Crippen MR) is 63.4 cm³/mol. The second-order valence-electron chi connectivity index (χ2n) is 3.54. The van der Waals surface area contributed by atoms with Crippen LogP contribution in [-0.2, 0) is 6.54 Å². The summed E-state index contributed by atoms with van der Waals surface area (Å²) in [6.07, 6.45) is -0.545. The Morgan fingerprint density at radius 2 is 2.25 bits per heavy atom. The van der Waals surface area contributed by atoms with Gasteiger partial charge in [0.05, 0.1) is 6.10 Å². The van der Waals surface area contributed by atoms with Crippen LogP contribution in [0.5, 0.6) is 0 Å². The quantitative estimate of drug-likeness (QED) is 0.750. The van der Waals surface area contributed by atoms with Crippen LogP contribution < -0.4 is 10.6 Å². The summed E-state index contributed by atoms with van der Waals surface area (Å²) in [6, 6.07) is 6.96. The molecule has 0 spiro atoms. The lowest BCUT2D eigenvalue weighted by Gasteiger charge is -2.09. The lowest BCUT2D eigenvalue weighted by molar-refractivity contribution is 0.187. The summed E-state index contributed by atoms with van der Waals surface area (Å²) in [5.41, 5.74) is 0.930. The Morgan fingerprint density at radius 1 is 1.50 bits per heavy atom. The molecule has 0 fully saturated rings. The molecule has 88 valence electrons. The van der Waals surface area contributed by atoms with Crippen LogP contribution in [0.15, 0.2) is 24.3 Å². The number of rotatable bonds is 4. The number of nitrogens with one attached hydrogen (secondary N) is 2. The number of benzene rings is 1. The maximum atomic E-state index is 11.2. The van der Waals surface area contributed by atoms with Crippen molar-refractivity contribution in [2.75, 3.05) is 6.54 Å². The number of hydrogen-bond acceptors (Lipinski definition) is 2. The van der Waals surface area contributed by atoms with Crippen LogP contribution in [0.2, 0.25) is 5.02 Å². The molecular weight excluding hydrogens is 228 g/mol. The molecular formula is C11H15ClN2O2. The Morgan fingerprint density at radius 3 is 2.88 bits per heavy atom. The van der Waals surface area contributed by atoms with Crippen LogP contribution >= 0.6 is 11.6 Å². The number of hydrogen-bond donors (Lipinski definition) is 3. The van der Waals surface area contributed by atoms with Gasteiger partial charge in [-0.3, -0.25) is 0 Å². The van der Waals surface area contributed by atoms with Crippen molar-refractivity contribution in [2.24, 2.45) is 0 Å². The van der Waals surface area contributed by atoms with E-state index in [0.717, 1.165) is 5.56 Å². The first kappa shape index (κ1) is 12.8. The highest BCUT2D eigenvalue weighted by Crippen LogP contribution is 2.09. The summed E-state index contributed by atoms with van der Waals surface area (Å²) in [4.78, 5) is 11.2. The summed E-state index contributed by atoms with van der Waals surface area (Å²) in [5.74, 6) is 0. The summed E-state index contributed by atoms with van der Waals surface area (Å²) in [7, 11) is 0. The van der Waals surface area contributed by atoms with Gasteiger partial charge in [0, 0.05) is 18.1 Å². The molecule has 5 heteroatoms. The number of aliphatic hydroxyl groups excluding tert-OH is 1. The van der Waals surface area contributed by atoms with Crippen molar-refractivity contribution in [3.05, 3.63) is 34.9 Å². The minimum Gasteiger partial charge on any atom is -0.392 e. The zero-order valence-corrected chi connectivity index (χ0v) is 9.79. The third-order valence-electron chi connectivity index (χ3n) is 1.90. The molecule has 0 radical (unpaired) electrons. The lowest BCUT2D eigenvalue weighted by Crippen LogP contribution is -2.38. The maximum Gasteiger partial charge on any atom is 0.315 e. The van der Waals surface area contributed by atoms with E-state index in [4.69, 9.17) is 16.7 Å². The number of halogens is 1. The van der Waals surface area contributed by atoms with E-state index in [2.05, 4.69) is 10.6 Å². The fraction of sp³-hybridized carbons (Fsp3) is 0.364. The molecule has 0 aromatic heterocycles. The smallest absolute Gasteiger partial charge is 0.315 e. The fourth-order valence-electron chi connectivity index (χ4n) is 1.13. The predicted octanol–water partition coefficient (Wildman–Crippen LogP) is 1.52. The molecule has 1 rings (SSSR count). The van der Waals surface area contributed by atoms with E-state index in [-0.39, 0.29) is 12.6 Å². The highest BCUT2D eigenvalue weighted by molar-refractivity contribution is 6.30. The van der Waals surface area contributed by atoms with Gasteiger partial charge in [-0.15, -0.1) is 0 Å². The van der Waals surface area contributed by atoms with Gasteiger partial charge >= 0.3 is 6.03 Å². The van der Waals surface area contributed by atoms with Gasteiger partial charge in [-0.05, 0) is 24.6 Å². The largest absolute Gasteiger partial charge is 0.392 e. The van der Waals surface area contributed by atoms with Crippen molar-refractivity contribution in [3.8, 4) is 0 Å². The minimum atomic E-state index is -0.545. The van der Waals surface area contributed by atoms with E-state index >= 15 is 0 Å². The van der Waals surface area contributed by atoms with Gasteiger partial charge in [0.2, 0.25) is 0 Å². The number of carbonyl (C=O) groups excluding carboxylic acids is 1. The molecule has 1 atom stereocenters. The monoisotopic (exact) mass is 242 g/mol. The van der Waals surface area contributed by atoms with Crippen LogP contribution in [0.25, 0.3) is 0 Å². The lowest BCUT2D eigenvalue weighted by atomic mass is 10.2. The van der Waals surface area contributed by atoms with Crippen molar-refractivity contribution in [1.29, 1.82) is 0 Å². The first-order valence-electron chi connectivity index (χ1n) is 5.02. The Bertz CT molecular complexity index is 356. The van der Waals surface area contributed by atoms with E-state index in [9.17, 15) is 4.79 Å². The number of carbonyl (C=O) groups is 1. The first-order chi connectivity index (χ1) is 7.58. The van der Waals surface area contributed by atoms with Crippen LogP contribution in [-0.4, -0.2) is 23.8 Å². The molecule has 1 aromatic carbocycles. The Hall–Kier alpha value is -1.26. The van der Waals surface area contributed by atoms with E-state index in [1.165, 1.54) is 0 Å². The number of aliphatic hydroxyl groups is 1. The van der Waals surface area contributed by atoms with Crippen LogP contribution in [0, 0.1) is 0 Å². The molecule has 0 aliphatic heterocycles. The third-order valence-corrected chi connectivity index (χ3v) is 2.14. The van der Waals surface area contributed by atoms with Gasteiger partial charge in [0.25, 0.3) is 0 Å². The van der Waals surface area contributed by atoms with E-state index in [1.807, 2.05) is 12.1 Å². The number of urea groups is 1. The van der Waals surface area contributed by atoms with Crippen molar-refractivity contribution >= 4 is 17.6 Å². The van der Waals surface area contributed by atoms with Crippen LogP contribution in [0.3, 0.4) is 0 Å². The van der Waals surface area contributed by atoms with Crippen LogP contribution in [0.1, 0.15) is 12.5 Å². The third kappa shape index (κ3) is 5.00. The molecule has 4 nitrogen and oxygen atoms in total. The molecule has 0 aliphatic rings. The maximum absolute atomic E-state index is 11.2. The van der Waals surface area contributed by atoms with Crippen LogP contribution in [0.4, 0.5) is 4.79 Å².